The van der Waals surface area contributed by atoms with Crippen molar-refractivity contribution in [1.29, 1.82) is 0 Å². The van der Waals surface area contributed by atoms with Gasteiger partial charge in [-0.3, -0.25) is 4.79 Å². The lowest BCUT2D eigenvalue weighted by Gasteiger charge is -2.63. The number of methoxy groups -OCH3 is 2. The van der Waals surface area contributed by atoms with Crippen molar-refractivity contribution in [1.82, 2.24) is 0 Å². The fourth-order valence-corrected chi connectivity index (χ4v) is 8.49. The predicted octanol–water partition coefficient (Wildman–Crippen LogP) is 5.36. The number of carbonyl (C=O) groups is 1. The lowest BCUT2D eigenvalue weighted by Crippen LogP contribution is -2.61. The van der Waals surface area contributed by atoms with Crippen LogP contribution in [0.2, 0.25) is 0 Å². The van der Waals surface area contributed by atoms with E-state index in [2.05, 4.69) is 26.5 Å². The molecule has 4 nitrogen and oxygen atoms in total. The molecule has 0 aromatic carbocycles. The zero-order chi connectivity index (χ0) is 21.0. The van der Waals surface area contributed by atoms with Gasteiger partial charge in [-0.05, 0) is 73.0 Å². The predicted molar refractivity (Wildman–Crippen MR) is 113 cm³/mol. The van der Waals surface area contributed by atoms with Crippen molar-refractivity contribution in [3.05, 3.63) is 12.7 Å². The van der Waals surface area contributed by atoms with Crippen LogP contribution < -0.4 is 0 Å². The second-order valence-corrected chi connectivity index (χ2v) is 10.9. The van der Waals surface area contributed by atoms with Crippen LogP contribution in [0, 0.1) is 40.4 Å². The average molecular weight is 405 g/mol. The average Bonchev–Trinajstić information content (AvgIpc) is 3.02. The fraction of sp³-hybridized carbons (Fsp3) is 0.880. The lowest BCUT2D eigenvalue weighted by molar-refractivity contribution is -0.269. The number of fused-ring (bicyclic) bond motifs is 5. The van der Waals surface area contributed by atoms with E-state index in [9.17, 15) is 4.79 Å². The highest BCUT2D eigenvalue weighted by atomic mass is 16.7. The molecule has 0 aromatic rings. The molecule has 4 heteroatoms. The number of esters is 1. The van der Waals surface area contributed by atoms with Crippen LogP contribution in [0.5, 0.6) is 0 Å². The summed E-state index contributed by atoms with van der Waals surface area (Å²) in [6.45, 7) is 10.6. The van der Waals surface area contributed by atoms with E-state index >= 15 is 0 Å². The van der Waals surface area contributed by atoms with Crippen molar-refractivity contribution >= 4 is 5.97 Å². The monoisotopic (exact) mass is 404 g/mol. The third-order valence-corrected chi connectivity index (χ3v) is 9.99. The molecule has 0 amide bonds. The largest absolute Gasteiger partial charge is 0.462 e. The van der Waals surface area contributed by atoms with Gasteiger partial charge < -0.3 is 14.2 Å². The first-order chi connectivity index (χ1) is 13.7. The van der Waals surface area contributed by atoms with Crippen LogP contribution in [0.3, 0.4) is 0 Å². The maximum Gasteiger partial charge on any atom is 0.302 e. The second-order valence-electron chi connectivity index (χ2n) is 10.9. The zero-order valence-electron chi connectivity index (χ0n) is 19.0. The highest BCUT2D eigenvalue weighted by Gasteiger charge is 2.64. The Kier molecular flexibility index (Phi) is 5.43. The first-order valence-corrected chi connectivity index (χ1v) is 11.6. The normalized spacial score (nSPS) is 48.2. The molecule has 0 radical (unpaired) electrons. The fourth-order valence-electron chi connectivity index (χ4n) is 8.49. The Morgan fingerprint density at radius 1 is 1.00 bits per heavy atom. The number of carbonyl (C=O) groups excluding carboxylic acids is 1. The molecule has 0 bridgehead atoms. The molecular weight excluding hydrogens is 364 g/mol. The molecule has 4 rings (SSSR count). The summed E-state index contributed by atoms with van der Waals surface area (Å²) in [5.74, 6) is 2.32. The van der Waals surface area contributed by atoms with Gasteiger partial charge in [0, 0.05) is 39.9 Å². The second kappa shape index (κ2) is 7.37. The Morgan fingerprint density at radius 2 is 1.72 bits per heavy atom. The van der Waals surface area contributed by atoms with E-state index in [1.807, 2.05) is 0 Å². The Morgan fingerprint density at radius 3 is 2.34 bits per heavy atom. The molecule has 0 spiro atoms. The molecule has 0 aromatic heterocycles. The molecular formula is C25H40O4. The lowest BCUT2D eigenvalue weighted by atomic mass is 9.43. The van der Waals surface area contributed by atoms with Gasteiger partial charge in [-0.1, -0.05) is 19.9 Å². The Hall–Kier alpha value is -0.870. The van der Waals surface area contributed by atoms with E-state index in [0.717, 1.165) is 31.6 Å². The molecule has 4 fully saturated rings. The van der Waals surface area contributed by atoms with Gasteiger partial charge in [0.1, 0.15) is 6.10 Å². The van der Waals surface area contributed by atoms with Crippen LogP contribution >= 0.6 is 0 Å². The quantitative estimate of drug-likeness (QED) is 0.359. The van der Waals surface area contributed by atoms with Crippen molar-refractivity contribution in [3.63, 3.8) is 0 Å². The zero-order valence-corrected chi connectivity index (χ0v) is 19.0. The molecule has 0 unspecified atom stereocenters. The standard InChI is InChI=1S/C25H40O4/c1-7-17-9-11-20-19-10-8-18-14-25(27-5,28-6)13-12-23(18,3)22(19)21(29-16(2)26)15-24(17,20)4/h7,17-22H,1,8-15H2,2-6H3/t17-,18-,19-,20-,21+,22+,23-,24+/m0/s1. The molecule has 0 heterocycles. The van der Waals surface area contributed by atoms with Gasteiger partial charge >= 0.3 is 5.97 Å². The summed E-state index contributed by atoms with van der Waals surface area (Å²) in [5, 5.41) is 0. The maximum absolute atomic E-state index is 12.1. The number of hydrogen-bond donors (Lipinski definition) is 0. The number of allylic oxidation sites excluding steroid dienone is 1. The van der Waals surface area contributed by atoms with Crippen molar-refractivity contribution in [2.24, 2.45) is 40.4 Å². The molecule has 0 aliphatic heterocycles. The molecule has 0 N–H and O–H groups in total. The molecule has 164 valence electrons. The first kappa shape index (κ1) is 21.4. The van der Waals surface area contributed by atoms with E-state index in [1.54, 1.807) is 21.1 Å². The minimum atomic E-state index is -0.446. The van der Waals surface area contributed by atoms with Crippen molar-refractivity contribution < 1.29 is 19.0 Å². The van der Waals surface area contributed by atoms with Gasteiger partial charge in [0.05, 0.1) is 0 Å². The molecule has 4 aliphatic rings. The van der Waals surface area contributed by atoms with Crippen molar-refractivity contribution in [2.75, 3.05) is 14.2 Å². The third kappa shape index (κ3) is 3.12. The van der Waals surface area contributed by atoms with Crippen molar-refractivity contribution in [2.45, 2.75) is 84.0 Å². The summed E-state index contributed by atoms with van der Waals surface area (Å²) in [6.07, 6.45) is 11.1. The van der Waals surface area contributed by atoms with Crippen LogP contribution in [0.1, 0.15) is 72.1 Å². The summed E-state index contributed by atoms with van der Waals surface area (Å²) in [4.78, 5) is 12.1. The van der Waals surface area contributed by atoms with Gasteiger partial charge in [-0.15, -0.1) is 6.58 Å². The maximum atomic E-state index is 12.1. The number of rotatable bonds is 4. The van der Waals surface area contributed by atoms with E-state index in [0.29, 0.717) is 23.7 Å². The van der Waals surface area contributed by atoms with Crippen LogP contribution in [0.4, 0.5) is 0 Å². The Balaban J connectivity index is 1.70. The molecule has 0 saturated heterocycles. The van der Waals surface area contributed by atoms with E-state index in [4.69, 9.17) is 14.2 Å². The number of ether oxygens (including phenoxy) is 3. The van der Waals surface area contributed by atoms with Crippen LogP contribution in [0.15, 0.2) is 12.7 Å². The highest BCUT2D eigenvalue weighted by Crippen LogP contribution is 2.68. The highest BCUT2D eigenvalue weighted by molar-refractivity contribution is 5.66. The topological polar surface area (TPSA) is 44.8 Å². The SMILES string of the molecule is C=C[C@H]1CC[C@H]2[C@@H]3CC[C@H]4CC(OC)(OC)CC[C@]4(C)[C@H]3[C@H](OC(C)=O)C[C@]12C. The first-order valence-electron chi connectivity index (χ1n) is 11.6. The minimum Gasteiger partial charge on any atom is -0.462 e. The van der Waals surface area contributed by atoms with Gasteiger partial charge in [0.2, 0.25) is 0 Å². The minimum absolute atomic E-state index is 0.0182. The molecule has 4 aliphatic carbocycles. The molecule has 4 saturated carbocycles. The van der Waals surface area contributed by atoms with E-state index < -0.39 is 5.79 Å². The van der Waals surface area contributed by atoms with E-state index in [-0.39, 0.29) is 22.9 Å². The summed E-state index contributed by atoms with van der Waals surface area (Å²) in [7, 11) is 3.55. The Bertz CT molecular complexity index is 655. The van der Waals surface area contributed by atoms with Gasteiger partial charge in [-0.2, -0.15) is 0 Å². The number of hydrogen-bond acceptors (Lipinski definition) is 4. The van der Waals surface area contributed by atoms with Gasteiger partial charge in [0.25, 0.3) is 0 Å². The van der Waals surface area contributed by atoms with Gasteiger partial charge in [0.15, 0.2) is 5.79 Å². The van der Waals surface area contributed by atoms with Crippen LogP contribution in [-0.4, -0.2) is 32.1 Å². The summed E-state index contributed by atoms with van der Waals surface area (Å²) in [5.41, 5.74) is 0.390. The van der Waals surface area contributed by atoms with Crippen LogP contribution in [0.25, 0.3) is 0 Å². The summed E-state index contributed by atoms with van der Waals surface area (Å²) in [6, 6.07) is 0. The van der Waals surface area contributed by atoms with E-state index in [1.165, 1.54) is 25.7 Å². The smallest absolute Gasteiger partial charge is 0.302 e. The Labute approximate surface area is 176 Å². The summed E-state index contributed by atoms with van der Waals surface area (Å²) < 4.78 is 17.8. The third-order valence-electron chi connectivity index (χ3n) is 9.99. The van der Waals surface area contributed by atoms with Crippen molar-refractivity contribution in [3.8, 4) is 0 Å². The summed E-state index contributed by atoms with van der Waals surface area (Å²) >= 11 is 0. The van der Waals surface area contributed by atoms with Crippen LogP contribution in [-0.2, 0) is 19.0 Å². The molecule has 29 heavy (non-hydrogen) atoms. The molecule has 8 atom stereocenters. The van der Waals surface area contributed by atoms with Gasteiger partial charge in [-0.25, -0.2) is 0 Å².